The molecule has 4 rings (SSSR count). The summed E-state index contributed by atoms with van der Waals surface area (Å²) in [4.78, 5) is 26.4. The summed E-state index contributed by atoms with van der Waals surface area (Å²) < 4.78 is 5.98. The van der Waals surface area contributed by atoms with Crippen LogP contribution in [0.5, 0.6) is 0 Å². The highest BCUT2D eigenvalue weighted by Crippen LogP contribution is 2.32. The number of para-hydroxylation sites is 2. The lowest BCUT2D eigenvalue weighted by Gasteiger charge is -2.27. The van der Waals surface area contributed by atoms with Crippen LogP contribution in [0.4, 0.5) is 0 Å². The van der Waals surface area contributed by atoms with Gasteiger partial charge in [-0.3, -0.25) is 19.6 Å². The third-order valence-corrected chi connectivity index (χ3v) is 5.96. The Morgan fingerprint density at radius 1 is 1.19 bits per heavy atom. The molecule has 0 N–H and O–H groups in total. The maximum atomic E-state index is 12.7. The first-order valence-corrected chi connectivity index (χ1v) is 10.2. The fourth-order valence-electron chi connectivity index (χ4n) is 3.15. The predicted molar refractivity (Wildman–Crippen MR) is 111 cm³/mol. The van der Waals surface area contributed by atoms with Gasteiger partial charge < -0.3 is 4.74 Å². The van der Waals surface area contributed by atoms with Crippen molar-refractivity contribution in [2.24, 2.45) is 0 Å². The van der Waals surface area contributed by atoms with E-state index in [0.29, 0.717) is 21.5 Å². The summed E-state index contributed by atoms with van der Waals surface area (Å²) in [6.07, 6.45) is 4.36. The third kappa shape index (κ3) is 4.35. The van der Waals surface area contributed by atoms with Gasteiger partial charge >= 0.3 is 0 Å². The molecule has 27 heavy (non-hydrogen) atoms. The second-order valence-electron chi connectivity index (χ2n) is 6.42. The lowest BCUT2D eigenvalue weighted by molar-refractivity contribution is -0.122. The SMILES string of the molecule is O=C1C(=Cc2cnc3ccccc3n2)SC(=S)N1CCCN1CCOCC1. The van der Waals surface area contributed by atoms with Crippen molar-refractivity contribution in [1.29, 1.82) is 0 Å². The van der Waals surface area contributed by atoms with Crippen LogP contribution >= 0.6 is 24.0 Å². The molecule has 2 aliphatic rings. The number of hydrogen-bond donors (Lipinski definition) is 0. The van der Waals surface area contributed by atoms with Crippen LogP contribution in [0, 0.1) is 0 Å². The number of rotatable bonds is 5. The first kappa shape index (κ1) is 18.5. The minimum atomic E-state index is -0.0399. The smallest absolute Gasteiger partial charge is 0.266 e. The van der Waals surface area contributed by atoms with E-state index in [1.165, 1.54) is 11.8 Å². The molecule has 8 heteroatoms. The van der Waals surface area contributed by atoms with E-state index in [2.05, 4.69) is 14.9 Å². The van der Waals surface area contributed by atoms with Gasteiger partial charge in [-0.05, 0) is 24.6 Å². The molecule has 0 spiro atoms. The Bertz CT molecular complexity index is 896. The van der Waals surface area contributed by atoms with Gasteiger partial charge in [-0.15, -0.1) is 0 Å². The van der Waals surface area contributed by atoms with E-state index in [0.717, 1.165) is 50.3 Å². The van der Waals surface area contributed by atoms with E-state index in [4.69, 9.17) is 17.0 Å². The second-order valence-corrected chi connectivity index (χ2v) is 8.10. The van der Waals surface area contributed by atoms with Crippen LogP contribution in [-0.4, -0.2) is 69.4 Å². The first-order valence-electron chi connectivity index (χ1n) is 8.98. The summed E-state index contributed by atoms with van der Waals surface area (Å²) in [6, 6.07) is 7.68. The number of fused-ring (bicyclic) bond motifs is 1. The Balaban J connectivity index is 1.41. The molecule has 2 fully saturated rings. The molecule has 6 nitrogen and oxygen atoms in total. The monoisotopic (exact) mass is 400 g/mol. The molecule has 1 aromatic carbocycles. The molecule has 1 aromatic heterocycles. The zero-order valence-electron chi connectivity index (χ0n) is 14.8. The van der Waals surface area contributed by atoms with Gasteiger partial charge in [-0.2, -0.15) is 0 Å². The van der Waals surface area contributed by atoms with Crippen molar-refractivity contribution in [2.75, 3.05) is 39.4 Å². The van der Waals surface area contributed by atoms with Gasteiger partial charge in [-0.1, -0.05) is 36.1 Å². The Labute approximate surface area is 167 Å². The summed E-state index contributed by atoms with van der Waals surface area (Å²) in [5, 5.41) is 0. The molecule has 2 saturated heterocycles. The Hall–Kier alpha value is -1.87. The van der Waals surface area contributed by atoms with Crippen molar-refractivity contribution in [3.05, 3.63) is 41.1 Å². The van der Waals surface area contributed by atoms with E-state index in [1.54, 1.807) is 17.2 Å². The van der Waals surface area contributed by atoms with Crippen molar-refractivity contribution in [3.63, 3.8) is 0 Å². The number of carbonyl (C=O) groups is 1. The summed E-state index contributed by atoms with van der Waals surface area (Å²) in [7, 11) is 0. The number of thiocarbonyl (C=S) groups is 1. The fourth-order valence-corrected chi connectivity index (χ4v) is 4.44. The minimum Gasteiger partial charge on any atom is -0.379 e. The van der Waals surface area contributed by atoms with Crippen molar-refractivity contribution in [2.45, 2.75) is 6.42 Å². The number of carbonyl (C=O) groups excluding carboxylic acids is 1. The van der Waals surface area contributed by atoms with Crippen molar-refractivity contribution in [3.8, 4) is 0 Å². The highest BCUT2D eigenvalue weighted by molar-refractivity contribution is 8.26. The van der Waals surface area contributed by atoms with E-state index < -0.39 is 0 Å². The van der Waals surface area contributed by atoms with Crippen LogP contribution in [0.25, 0.3) is 17.1 Å². The van der Waals surface area contributed by atoms with Crippen LogP contribution in [0.15, 0.2) is 35.4 Å². The molecule has 2 aromatic rings. The van der Waals surface area contributed by atoms with Crippen LogP contribution in [0.3, 0.4) is 0 Å². The zero-order chi connectivity index (χ0) is 18.6. The molecular formula is C19H20N4O2S2. The maximum Gasteiger partial charge on any atom is 0.266 e. The number of morpholine rings is 1. The number of aromatic nitrogens is 2. The Morgan fingerprint density at radius 3 is 2.78 bits per heavy atom. The molecule has 2 aliphatic heterocycles. The Kier molecular flexibility index (Phi) is 5.77. The highest BCUT2D eigenvalue weighted by atomic mass is 32.2. The number of hydrogen-bond acceptors (Lipinski definition) is 7. The molecule has 0 bridgehead atoms. The van der Waals surface area contributed by atoms with Gasteiger partial charge in [0.25, 0.3) is 5.91 Å². The molecule has 0 aliphatic carbocycles. The van der Waals surface area contributed by atoms with Crippen molar-refractivity contribution in [1.82, 2.24) is 19.8 Å². The Morgan fingerprint density at radius 2 is 1.96 bits per heavy atom. The zero-order valence-corrected chi connectivity index (χ0v) is 16.5. The van der Waals surface area contributed by atoms with Crippen LogP contribution in [-0.2, 0) is 9.53 Å². The fraction of sp³-hybridized carbons (Fsp3) is 0.368. The lowest BCUT2D eigenvalue weighted by Crippen LogP contribution is -2.38. The molecule has 0 radical (unpaired) electrons. The van der Waals surface area contributed by atoms with Gasteiger partial charge in [0.15, 0.2) is 0 Å². The van der Waals surface area contributed by atoms with Crippen LogP contribution < -0.4 is 0 Å². The van der Waals surface area contributed by atoms with E-state index >= 15 is 0 Å². The topological polar surface area (TPSA) is 58.6 Å². The van der Waals surface area contributed by atoms with Crippen molar-refractivity contribution >= 4 is 51.3 Å². The number of benzene rings is 1. The normalized spacial score (nSPS) is 20.1. The van der Waals surface area contributed by atoms with Crippen LogP contribution in [0.2, 0.25) is 0 Å². The molecule has 0 atom stereocenters. The molecular weight excluding hydrogens is 380 g/mol. The molecule has 140 valence electrons. The average Bonchev–Trinajstić information content (AvgIpc) is 2.96. The van der Waals surface area contributed by atoms with Crippen LogP contribution in [0.1, 0.15) is 12.1 Å². The van der Waals surface area contributed by atoms with Crippen molar-refractivity contribution < 1.29 is 9.53 Å². The summed E-state index contributed by atoms with van der Waals surface area (Å²) in [5.41, 5.74) is 2.32. The number of thioether (sulfide) groups is 1. The quantitative estimate of drug-likeness (QED) is 0.565. The summed E-state index contributed by atoms with van der Waals surface area (Å²) in [5.74, 6) is -0.0399. The first-order chi connectivity index (χ1) is 13.2. The third-order valence-electron chi connectivity index (χ3n) is 4.58. The van der Waals surface area contributed by atoms with Gasteiger partial charge in [0.1, 0.15) is 4.32 Å². The molecule has 3 heterocycles. The second kappa shape index (κ2) is 8.43. The largest absolute Gasteiger partial charge is 0.379 e. The van der Waals surface area contributed by atoms with E-state index in [-0.39, 0.29) is 5.91 Å². The minimum absolute atomic E-state index is 0.0399. The van der Waals surface area contributed by atoms with E-state index in [9.17, 15) is 4.79 Å². The maximum absolute atomic E-state index is 12.7. The highest BCUT2D eigenvalue weighted by Gasteiger charge is 2.31. The number of amides is 1. The van der Waals surface area contributed by atoms with Gasteiger partial charge in [0.2, 0.25) is 0 Å². The average molecular weight is 401 g/mol. The molecule has 0 unspecified atom stereocenters. The van der Waals surface area contributed by atoms with Gasteiger partial charge in [0.05, 0.1) is 41.0 Å². The standard InChI is InChI=1S/C19H20N4O2S2/c24-18-17(12-14-13-20-15-4-1-2-5-16(15)21-14)27-19(26)23(18)7-3-6-22-8-10-25-11-9-22/h1-2,4-5,12-13H,3,6-11H2. The number of nitrogens with zero attached hydrogens (tertiary/aromatic N) is 4. The molecule has 1 amide bonds. The van der Waals surface area contributed by atoms with E-state index in [1.807, 2.05) is 24.3 Å². The van der Waals surface area contributed by atoms with Gasteiger partial charge in [0, 0.05) is 26.2 Å². The predicted octanol–water partition coefficient (Wildman–Crippen LogP) is 2.55. The molecule has 0 saturated carbocycles. The number of ether oxygens (including phenoxy) is 1. The van der Waals surface area contributed by atoms with Gasteiger partial charge in [-0.25, -0.2) is 4.98 Å². The summed E-state index contributed by atoms with van der Waals surface area (Å²) in [6.45, 7) is 5.09. The summed E-state index contributed by atoms with van der Waals surface area (Å²) >= 11 is 6.75. The lowest BCUT2D eigenvalue weighted by atomic mass is 10.3.